The van der Waals surface area contributed by atoms with Gasteiger partial charge in [0.25, 0.3) is 5.91 Å². The number of carbonyl (C=O) groups is 1. The molecule has 0 aliphatic rings. The van der Waals surface area contributed by atoms with Crippen molar-refractivity contribution in [3.05, 3.63) is 35.3 Å². The molecule has 0 saturated heterocycles. The van der Waals surface area contributed by atoms with Gasteiger partial charge in [-0.25, -0.2) is 4.98 Å². The van der Waals surface area contributed by atoms with Crippen LogP contribution in [0, 0.1) is 6.92 Å². The highest BCUT2D eigenvalue weighted by Gasteiger charge is 2.16. The molecule has 1 N–H and O–H groups in total. The van der Waals surface area contributed by atoms with E-state index in [4.69, 9.17) is 0 Å². The highest BCUT2D eigenvalue weighted by atomic mass is 16.1. The van der Waals surface area contributed by atoms with E-state index >= 15 is 0 Å². The third-order valence-electron chi connectivity index (χ3n) is 2.62. The van der Waals surface area contributed by atoms with Crippen LogP contribution in [0.4, 0.5) is 0 Å². The van der Waals surface area contributed by atoms with Gasteiger partial charge in [0.05, 0.1) is 5.69 Å². The van der Waals surface area contributed by atoms with Crippen molar-refractivity contribution in [2.75, 3.05) is 7.05 Å². The normalized spacial score (nSPS) is 10.7. The van der Waals surface area contributed by atoms with Crippen LogP contribution in [0.3, 0.4) is 0 Å². The molecule has 0 spiro atoms. The van der Waals surface area contributed by atoms with E-state index in [1.54, 1.807) is 7.05 Å². The van der Waals surface area contributed by atoms with Crippen LogP contribution < -0.4 is 5.32 Å². The first-order valence-corrected chi connectivity index (χ1v) is 5.37. The van der Waals surface area contributed by atoms with E-state index in [1.165, 1.54) is 0 Å². The predicted molar refractivity (Wildman–Crippen MR) is 62.7 cm³/mol. The third kappa shape index (κ3) is 1.56. The summed E-state index contributed by atoms with van der Waals surface area (Å²) in [4.78, 5) is 16.3. The Morgan fingerprint density at radius 1 is 1.50 bits per heavy atom. The molecule has 16 heavy (non-hydrogen) atoms. The van der Waals surface area contributed by atoms with Gasteiger partial charge in [0.2, 0.25) is 0 Å². The predicted octanol–water partition coefficient (Wildman–Crippen LogP) is 1.56. The van der Waals surface area contributed by atoms with Crippen molar-refractivity contribution >= 4 is 11.6 Å². The van der Waals surface area contributed by atoms with E-state index in [9.17, 15) is 4.79 Å². The van der Waals surface area contributed by atoms with Crippen molar-refractivity contribution < 1.29 is 4.79 Å². The van der Waals surface area contributed by atoms with Gasteiger partial charge < -0.3 is 5.32 Å². The number of hydrogen-bond donors (Lipinski definition) is 1. The average Bonchev–Trinajstić information content (AvgIpc) is 2.65. The Morgan fingerprint density at radius 2 is 2.25 bits per heavy atom. The van der Waals surface area contributed by atoms with Crippen LogP contribution >= 0.6 is 0 Å². The van der Waals surface area contributed by atoms with E-state index in [2.05, 4.69) is 10.3 Å². The molecule has 0 saturated carbocycles. The van der Waals surface area contributed by atoms with E-state index in [-0.39, 0.29) is 5.91 Å². The number of rotatable bonds is 2. The molecule has 4 heteroatoms. The van der Waals surface area contributed by atoms with E-state index < -0.39 is 0 Å². The summed E-state index contributed by atoms with van der Waals surface area (Å²) in [6, 6.07) is 3.93. The second-order valence-electron chi connectivity index (χ2n) is 3.77. The fourth-order valence-corrected chi connectivity index (χ4v) is 1.80. The lowest BCUT2D eigenvalue weighted by atomic mass is 10.2. The summed E-state index contributed by atoms with van der Waals surface area (Å²) in [6.45, 7) is 4.00. The van der Waals surface area contributed by atoms with Crippen molar-refractivity contribution in [3.63, 3.8) is 0 Å². The molecule has 84 valence electrons. The summed E-state index contributed by atoms with van der Waals surface area (Å²) in [6.07, 6.45) is 2.69. The molecular formula is C12H15N3O. The summed E-state index contributed by atoms with van der Waals surface area (Å²) >= 11 is 0. The van der Waals surface area contributed by atoms with Crippen LogP contribution in [-0.4, -0.2) is 22.3 Å². The van der Waals surface area contributed by atoms with E-state index in [0.717, 1.165) is 23.3 Å². The number of imidazole rings is 1. The summed E-state index contributed by atoms with van der Waals surface area (Å²) < 4.78 is 1.85. The molecular weight excluding hydrogens is 202 g/mol. The maximum absolute atomic E-state index is 11.8. The first-order chi connectivity index (χ1) is 7.67. The second-order valence-corrected chi connectivity index (χ2v) is 3.77. The summed E-state index contributed by atoms with van der Waals surface area (Å²) in [7, 11) is 1.64. The molecule has 0 atom stereocenters. The number of aromatic nitrogens is 2. The standard InChI is InChI=1S/C12H15N3O/c1-4-9-11(12(16)13-3)15-7-8(2)5-6-10(15)14-9/h5-7H,4H2,1-3H3,(H,13,16). The van der Waals surface area contributed by atoms with Gasteiger partial charge in [-0.15, -0.1) is 0 Å². The molecule has 0 unspecified atom stereocenters. The molecule has 2 heterocycles. The summed E-state index contributed by atoms with van der Waals surface area (Å²) in [5, 5.41) is 2.65. The Bertz CT molecular complexity index is 542. The van der Waals surface area contributed by atoms with Crippen LogP contribution in [0.25, 0.3) is 5.65 Å². The largest absolute Gasteiger partial charge is 0.354 e. The summed E-state index contributed by atoms with van der Waals surface area (Å²) in [5.41, 5.74) is 3.41. The quantitative estimate of drug-likeness (QED) is 0.829. The fourth-order valence-electron chi connectivity index (χ4n) is 1.80. The number of hydrogen-bond acceptors (Lipinski definition) is 2. The van der Waals surface area contributed by atoms with Crippen LogP contribution in [0.5, 0.6) is 0 Å². The average molecular weight is 217 g/mol. The number of nitrogens with zero attached hydrogens (tertiary/aromatic N) is 2. The fraction of sp³-hybridized carbons (Fsp3) is 0.333. The monoisotopic (exact) mass is 217 g/mol. The Kier molecular flexibility index (Phi) is 2.64. The first-order valence-electron chi connectivity index (χ1n) is 5.37. The van der Waals surface area contributed by atoms with Crippen LogP contribution in [0.1, 0.15) is 28.7 Å². The van der Waals surface area contributed by atoms with Crippen molar-refractivity contribution in [2.45, 2.75) is 20.3 Å². The molecule has 0 aromatic carbocycles. The number of nitrogens with one attached hydrogen (secondary N) is 1. The van der Waals surface area contributed by atoms with Crippen LogP contribution in [-0.2, 0) is 6.42 Å². The smallest absolute Gasteiger partial charge is 0.269 e. The van der Waals surface area contributed by atoms with Crippen LogP contribution in [0.15, 0.2) is 18.3 Å². The van der Waals surface area contributed by atoms with Crippen molar-refractivity contribution in [2.24, 2.45) is 0 Å². The number of fused-ring (bicyclic) bond motifs is 1. The topological polar surface area (TPSA) is 46.4 Å². The lowest BCUT2D eigenvalue weighted by Gasteiger charge is -2.02. The minimum Gasteiger partial charge on any atom is -0.354 e. The lowest BCUT2D eigenvalue weighted by Crippen LogP contribution is -2.21. The van der Waals surface area contributed by atoms with E-state index in [0.29, 0.717) is 5.69 Å². The van der Waals surface area contributed by atoms with Gasteiger partial charge in [-0.2, -0.15) is 0 Å². The van der Waals surface area contributed by atoms with Gasteiger partial charge in [-0.1, -0.05) is 13.0 Å². The summed E-state index contributed by atoms with van der Waals surface area (Å²) in [5.74, 6) is -0.0880. The van der Waals surface area contributed by atoms with Gasteiger partial charge in [0.1, 0.15) is 11.3 Å². The Morgan fingerprint density at radius 3 is 2.88 bits per heavy atom. The third-order valence-corrected chi connectivity index (χ3v) is 2.62. The minimum absolute atomic E-state index is 0.0880. The molecule has 0 bridgehead atoms. The van der Waals surface area contributed by atoms with Gasteiger partial charge in [0, 0.05) is 13.2 Å². The second kappa shape index (κ2) is 3.96. The molecule has 0 radical (unpaired) electrons. The maximum atomic E-state index is 11.8. The van der Waals surface area contributed by atoms with Gasteiger partial charge in [-0.05, 0) is 25.0 Å². The number of amides is 1. The SMILES string of the molecule is CCc1nc2ccc(C)cn2c1C(=O)NC. The van der Waals surface area contributed by atoms with Gasteiger partial charge in [-0.3, -0.25) is 9.20 Å². The van der Waals surface area contributed by atoms with Crippen molar-refractivity contribution in [1.82, 2.24) is 14.7 Å². The highest BCUT2D eigenvalue weighted by Crippen LogP contribution is 2.14. The number of aryl methyl sites for hydroxylation is 2. The molecule has 0 aliphatic heterocycles. The van der Waals surface area contributed by atoms with Crippen molar-refractivity contribution in [1.29, 1.82) is 0 Å². The molecule has 2 rings (SSSR count). The zero-order valence-corrected chi connectivity index (χ0v) is 9.74. The molecule has 1 amide bonds. The number of carbonyl (C=O) groups excluding carboxylic acids is 1. The Balaban J connectivity index is 2.75. The number of pyridine rings is 1. The minimum atomic E-state index is -0.0880. The molecule has 2 aromatic heterocycles. The van der Waals surface area contributed by atoms with E-state index in [1.807, 2.05) is 36.6 Å². The molecule has 2 aromatic rings. The van der Waals surface area contributed by atoms with Gasteiger partial charge in [0.15, 0.2) is 0 Å². The van der Waals surface area contributed by atoms with Crippen molar-refractivity contribution in [3.8, 4) is 0 Å². The zero-order chi connectivity index (χ0) is 11.7. The molecule has 0 fully saturated rings. The highest BCUT2D eigenvalue weighted by molar-refractivity contribution is 5.94. The zero-order valence-electron chi connectivity index (χ0n) is 9.74. The van der Waals surface area contributed by atoms with Crippen LogP contribution in [0.2, 0.25) is 0 Å². The maximum Gasteiger partial charge on any atom is 0.269 e. The Hall–Kier alpha value is -1.84. The molecule has 0 aliphatic carbocycles. The lowest BCUT2D eigenvalue weighted by molar-refractivity contribution is 0.0956. The first kappa shape index (κ1) is 10.7. The Labute approximate surface area is 94.3 Å². The molecule has 4 nitrogen and oxygen atoms in total. The van der Waals surface area contributed by atoms with Gasteiger partial charge >= 0.3 is 0 Å².